The van der Waals surface area contributed by atoms with E-state index in [1.54, 1.807) is 7.11 Å². The molecule has 0 amide bonds. The Morgan fingerprint density at radius 2 is 2.16 bits per heavy atom. The molecule has 1 heterocycles. The van der Waals surface area contributed by atoms with Crippen LogP contribution in [-0.2, 0) is 11.2 Å². The van der Waals surface area contributed by atoms with Gasteiger partial charge in [0.1, 0.15) is 5.75 Å². The monoisotopic (exact) mass is 263 g/mol. The van der Waals surface area contributed by atoms with Gasteiger partial charge in [-0.05, 0) is 50.3 Å². The van der Waals surface area contributed by atoms with Crippen molar-refractivity contribution in [1.82, 2.24) is 5.32 Å². The minimum Gasteiger partial charge on any atom is -0.497 e. The molecule has 0 saturated carbocycles. The number of ether oxygens (including phenoxy) is 2. The second kappa shape index (κ2) is 7.51. The van der Waals surface area contributed by atoms with Crippen molar-refractivity contribution in [3.8, 4) is 5.75 Å². The maximum Gasteiger partial charge on any atom is 0.118 e. The third kappa shape index (κ3) is 4.84. The molecule has 1 N–H and O–H groups in total. The Bertz CT molecular complexity index is 358. The van der Waals surface area contributed by atoms with E-state index in [1.807, 2.05) is 12.1 Å². The molecule has 0 bridgehead atoms. The van der Waals surface area contributed by atoms with Crippen LogP contribution in [0.5, 0.6) is 5.75 Å². The fourth-order valence-electron chi connectivity index (χ4n) is 2.42. The molecule has 19 heavy (non-hydrogen) atoms. The zero-order chi connectivity index (χ0) is 13.5. The van der Waals surface area contributed by atoms with Crippen LogP contribution in [0.2, 0.25) is 0 Å². The van der Waals surface area contributed by atoms with Crippen LogP contribution >= 0.6 is 0 Å². The summed E-state index contributed by atoms with van der Waals surface area (Å²) in [5.41, 5.74) is 1.37. The predicted molar refractivity (Wildman–Crippen MR) is 77.8 cm³/mol. The molecule has 0 aliphatic carbocycles. The Labute approximate surface area is 116 Å². The minimum absolute atomic E-state index is 0.434. The summed E-state index contributed by atoms with van der Waals surface area (Å²) in [6, 6.07) is 8.88. The normalized spacial score (nSPS) is 20.4. The largest absolute Gasteiger partial charge is 0.497 e. The molecule has 0 aromatic heterocycles. The molecule has 2 rings (SSSR count). The van der Waals surface area contributed by atoms with Gasteiger partial charge < -0.3 is 14.8 Å². The van der Waals surface area contributed by atoms with Crippen LogP contribution in [0.15, 0.2) is 24.3 Å². The molecule has 1 aliphatic rings. The van der Waals surface area contributed by atoms with Crippen molar-refractivity contribution in [3.05, 3.63) is 29.8 Å². The van der Waals surface area contributed by atoms with E-state index in [0.717, 1.165) is 31.7 Å². The number of nitrogens with one attached hydrogen (secondary N) is 1. The van der Waals surface area contributed by atoms with Crippen LogP contribution in [0, 0.1) is 0 Å². The molecule has 1 aliphatic heterocycles. The molecule has 3 nitrogen and oxygen atoms in total. The summed E-state index contributed by atoms with van der Waals surface area (Å²) < 4.78 is 10.8. The van der Waals surface area contributed by atoms with Crippen molar-refractivity contribution in [2.75, 3.05) is 20.3 Å². The zero-order valence-corrected chi connectivity index (χ0v) is 12.0. The summed E-state index contributed by atoms with van der Waals surface area (Å²) in [5.74, 6) is 0.924. The SMILES string of the molecule is COc1ccc(CC[C@H](C)NC[C@H]2CCCO2)cc1. The van der Waals surface area contributed by atoms with Gasteiger partial charge in [-0.3, -0.25) is 0 Å². The average Bonchev–Trinajstić information content (AvgIpc) is 2.96. The molecular weight excluding hydrogens is 238 g/mol. The Morgan fingerprint density at radius 3 is 2.79 bits per heavy atom. The quantitative estimate of drug-likeness (QED) is 0.820. The van der Waals surface area contributed by atoms with Crippen LogP contribution in [0.1, 0.15) is 31.7 Å². The number of hydrogen-bond acceptors (Lipinski definition) is 3. The molecule has 1 aromatic carbocycles. The minimum atomic E-state index is 0.434. The topological polar surface area (TPSA) is 30.5 Å². The molecule has 1 saturated heterocycles. The standard InChI is InChI=1S/C16H25NO2/c1-13(17-12-16-4-3-11-19-16)5-6-14-7-9-15(18-2)10-8-14/h7-10,13,16-17H,3-6,11-12H2,1-2H3/t13-,16+/m0/s1. The molecule has 0 unspecified atom stereocenters. The fourth-order valence-corrected chi connectivity index (χ4v) is 2.42. The molecule has 0 radical (unpaired) electrons. The van der Waals surface area contributed by atoms with E-state index in [-0.39, 0.29) is 0 Å². The Hall–Kier alpha value is -1.06. The second-order valence-electron chi connectivity index (χ2n) is 5.33. The van der Waals surface area contributed by atoms with Gasteiger partial charge in [-0.25, -0.2) is 0 Å². The lowest BCUT2D eigenvalue weighted by molar-refractivity contribution is 0.107. The van der Waals surface area contributed by atoms with Gasteiger partial charge in [0.25, 0.3) is 0 Å². The number of aryl methyl sites for hydroxylation is 1. The van der Waals surface area contributed by atoms with Crippen LogP contribution < -0.4 is 10.1 Å². The molecule has 1 aromatic rings. The lowest BCUT2D eigenvalue weighted by atomic mass is 10.1. The average molecular weight is 263 g/mol. The van der Waals surface area contributed by atoms with Crippen molar-refractivity contribution in [3.63, 3.8) is 0 Å². The van der Waals surface area contributed by atoms with Gasteiger partial charge in [0, 0.05) is 19.2 Å². The summed E-state index contributed by atoms with van der Waals surface area (Å²) in [6.45, 7) is 4.18. The maximum absolute atomic E-state index is 5.62. The summed E-state index contributed by atoms with van der Waals surface area (Å²) in [5, 5.41) is 3.57. The third-order valence-corrected chi connectivity index (χ3v) is 3.74. The first kappa shape index (κ1) is 14.4. The van der Waals surface area contributed by atoms with Gasteiger partial charge in [0.15, 0.2) is 0 Å². The Kier molecular flexibility index (Phi) is 5.67. The van der Waals surface area contributed by atoms with E-state index in [2.05, 4.69) is 24.4 Å². The van der Waals surface area contributed by atoms with Crippen LogP contribution in [-0.4, -0.2) is 32.4 Å². The van der Waals surface area contributed by atoms with Gasteiger partial charge in [-0.2, -0.15) is 0 Å². The Morgan fingerprint density at radius 1 is 1.37 bits per heavy atom. The zero-order valence-electron chi connectivity index (χ0n) is 12.0. The smallest absolute Gasteiger partial charge is 0.118 e. The summed E-state index contributed by atoms with van der Waals surface area (Å²) >= 11 is 0. The van der Waals surface area contributed by atoms with Crippen LogP contribution in [0.3, 0.4) is 0 Å². The first-order chi connectivity index (χ1) is 9.28. The second-order valence-corrected chi connectivity index (χ2v) is 5.33. The van der Waals surface area contributed by atoms with Crippen LogP contribution in [0.25, 0.3) is 0 Å². The first-order valence-electron chi connectivity index (χ1n) is 7.26. The number of benzene rings is 1. The number of methoxy groups -OCH3 is 1. The molecule has 1 fully saturated rings. The summed E-state index contributed by atoms with van der Waals surface area (Å²) in [6.07, 6.45) is 5.11. The highest BCUT2D eigenvalue weighted by Crippen LogP contribution is 2.14. The van der Waals surface area contributed by atoms with Gasteiger partial charge in [0.2, 0.25) is 0 Å². The van der Waals surface area contributed by atoms with Gasteiger partial charge in [-0.1, -0.05) is 12.1 Å². The molecule has 2 atom stereocenters. The summed E-state index contributed by atoms with van der Waals surface area (Å²) in [7, 11) is 1.70. The van der Waals surface area contributed by atoms with Crippen molar-refractivity contribution in [1.29, 1.82) is 0 Å². The highest BCUT2D eigenvalue weighted by molar-refractivity contribution is 5.27. The third-order valence-electron chi connectivity index (χ3n) is 3.74. The predicted octanol–water partition coefficient (Wildman–Crippen LogP) is 2.78. The van der Waals surface area contributed by atoms with Gasteiger partial charge >= 0.3 is 0 Å². The molecule has 3 heteroatoms. The van der Waals surface area contributed by atoms with Crippen molar-refractivity contribution < 1.29 is 9.47 Å². The fraction of sp³-hybridized carbons (Fsp3) is 0.625. The van der Waals surface area contributed by atoms with E-state index in [9.17, 15) is 0 Å². The molecule has 0 spiro atoms. The van der Waals surface area contributed by atoms with E-state index < -0.39 is 0 Å². The van der Waals surface area contributed by atoms with Crippen molar-refractivity contribution in [2.45, 2.75) is 44.8 Å². The van der Waals surface area contributed by atoms with E-state index in [0.29, 0.717) is 12.1 Å². The molecular formula is C16H25NO2. The highest BCUT2D eigenvalue weighted by Gasteiger charge is 2.15. The lowest BCUT2D eigenvalue weighted by Gasteiger charge is -2.17. The van der Waals surface area contributed by atoms with E-state index >= 15 is 0 Å². The van der Waals surface area contributed by atoms with Gasteiger partial charge in [-0.15, -0.1) is 0 Å². The summed E-state index contributed by atoms with van der Waals surface area (Å²) in [4.78, 5) is 0. The Balaban J connectivity index is 1.65. The lowest BCUT2D eigenvalue weighted by Crippen LogP contribution is -2.33. The van der Waals surface area contributed by atoms with Crippen LogP contribution in [0.4, 0.5) is 0 Å². The first-order valence-corrected chi connectivity index (χ1v) is 7.26. The maximum atomic E-state index is 5.62. The molecule has 106 valence electrons. The number of rotatable bonds is 7. The van der Waals surface area contributed by atoms with E-state index in [4.69, 9.17) is 9.47 Å². The van der Waals surface area contributed by atoms with E-state index in [1.165, 1.54) is 18.4 Å². The van der Waals surface area contributed by atoms with Crippen molar-refractivity contribution >= 4 is 0 Å². The van der Waals surface area contributed by atoms with Crippen molar-refractivity contribution in [2.24, 2.45) is 0 Å². The number of hydrogen-bond donors (Lipinski definition) is 1. The highest BCUT2D eigenvalue weighted by atomic mass is 16.5. The van der Waals surface area contributed by atoms with Gasteiger partial charge in [0.05, 0.1) is 13.2 Å².